The first-order chi connectivity index (χ1) is 16.8. The summed E-state index contributed by atoms with van der Waals surface area (Å²) in [6, 6.07) is -0.887. The number of hydrogen-bond donors (Lipinski definition) is 5. The Morgan fingerprint density at radius 1 is 1.33 bits per heavy atom. The van der Waals surface area contributed by atoms with Crippen molar-refractivity contribution >= 4 is 52.6 Å². The van der Waals surface area contributed by atoms with Crippen LogP contribution in [0.25, 0.3) is 0 Å². The van der Waals surface area contributed by atoms with Gasteiger partial charge < -0.3 is 29.7 Å². The second-order valence-electron chi connectivity index (χ2n) is 8.71. The number of amides is 3. The van der Waals surface area contributed by atoms with Gasteiger partial charge in [-0.05, 0) is 38.8 Å². The first-order valence-electron chi connectivity index (χ1n) is 10.8. The van der Waals surface area contributed by atoms with Gasteiger partial charge in [0.15, 0.2) is 28.6 Å². The van der Waals surface area contributed by atoms with Gasteiger partial charge in [0.1, 0.15) is 10.8 Å². The maximum Gasteiger partial charge on any atom is 0.328 e. The topological polar surface area (TPSA) is 197 Å². The van der Waals surface area contributed by atoms with Crippen molar-refractivity contribution in [1.82, 2.24) is 15.2 Å². The first-order valence-corrected chi connectivity index (χ1v) is 12.3. The average Bonchev–Trinajstić information content (AvgIpc) is 3.30. The summed E-state index contributed by atoms with van der Waals surface area (Å²) in [6.07, 6.45) is 1.62. The lowest BCUT2D eigenvalue weighted by Crippen LogP contribution is -2.67. The van der Waals surface area contributed by atoms with Gasteiger partial charge >= 0.3 is 5.97 Å². The molecule has 3 amide bonds. The molecule has 2 heterocycles. The lowest BCUT2D eigenvalue weighted by Gasteiger charge is -2.46. The fraction of sp³-hybridized carbons (Fsp3) is 0.476. The van der Waals surface area contributed by atoms with Crippen molar-refractivity contribution in [3.63, 3.8) is 0 Å². The second kappa shape index (κ2) is 10.4. The molecule has 5 atom stereocenters. The van der Waals surface area contributed by atoms with Crippen LogP contribution in [0.1, 0.15) is 43.5 Å². The third kappa shape index (κ3) is 4.88. The predicted molar refractivity (Wildman–Crippen MR) is 127 cm³/mol. The molecule has 36 heavy (non-hydrogen) atoms. The van der Waals surface area contributed by atoms with E-state index in [1.807, 2.05) is 0 Å². The molecule has 5 N–H and O–H groups in total. The number of aliphatic carboxylic acids is 1. The van der Waals surface area contributed by atoms with Crippen molar-refractivity contribution in [3.05, 3.63) is 22.7 Å². The largest absolute Gasteiger partial charge is 0.504 e. The fourth-order valence-corrected chi connectivity index (χ4v) is 5.08. The molecule has 2 aliphatic heterocycles. The first kappa shape index (κ1) is 27.4. The van der Waals surface area contributed by atoms with Crippen LogP contribution in [0.15, 0.2) is 17.2 Å². The zero-order valence-corrected chi connectivity index (χ0v) is 20.8. The summed E-state index contributed by atoms with van der Waals surface area (Å²) in [6.45, 7) is 2.91. The van der Waals surface area contributed by atoms with Gasteiger partial charge in [-0.3, -0.25) is 14.4 Å². The fourth-order valence-electron chi connectivity index (χ4n) is 4.30. The minimum absolute atomic E-state index is 0.0974. The molecule has 2 fully saturated rings. The van der Waals surface area contributed by atoms with Crippen LogP contribution in [-0.4, -0.2) is 93.2 Å². The van der Waals surface area contributed by atoms with E-state index < -0.39 is 69.1 Å². The van der Waals surface area contributed by atoms with Gasteiger partial charge in [-0.25, -0.2) is 14.4 Å². The molecule has 13 nitrogen and oxygen atoms in total. The van der Waals surface area contributed by atoms with Crippen molar-refractivity contribution in [2.75, 3.05) is 6.54 Å². The van der Waals surface area contributed by atoms with E-state index in [1.165, 1.54) is 11.0 Å². The highest BCUT2D eigenvalue weighted by Gasteiger charge is 2.53. The molecule has 1 aromatic carbocycles. The highest BCUT2D eigenvalue weighted by molar-refractivity contribution is 7.81. The van der Waals surface area contributed by atoms with E-state index in [2.05, 4.69) is 10.5 Å². The maximum absolute atomic E-state index is 13.0. The minimum Gasteiger partial charge on any atom is -0.504 e. The lowest BCUT2D eigenvalue weighted by molar-refractivity contribution is -0.161. The molecule has 1 aromatic rings. The third-order valence-electron chi connectivity index (χ3n) is 6.30. The van der Waals surface area contributed by atoms with E-state index in [0.29, 0.717) is 6.42 Å². The van der Waals surface area contributed by atoms with Gasteiger partial charge in [0.05, 0.1) is 10.6 Å². The maximum atomic E-state index is 13.0. The Morgan fingerprint density at radius 2 is 2.00 bits per heavy atom. The molecule has 0 bridgehead atoms. The second-order valence-corrected chi connectivity index (χ2v) is 10.5. The molecule has 0 aliphatic carbocycles. The number of nitrogens with one attached hydrogen (secondary N) is 1. The number of carboxylic acid groups (broad SMARTS) is 1. The van der Waals surface area contributed by atoms with Crippen LogP contribution in [-0.2, 0) is 25.5 Å². The third-order valence-corrected chi connectivity index (χ3v) is 7.77. The van der Waals surface area contributed by atoms with Gasteiger partial charge in [-0.1, -0.05) is 11.6 Å². The number of hydrazone groups is 1. The number of aromatic hydroxyl groups is 2. The molecule has 15 heteroatoms. The van der Waals surface area contributed by atoms with E-state index >= 15 is 0 Å². The van der Waals surface area contributed by atoms with Crippen LogP contribution in [0.4, 0.5) is 0 Å². The zero-order chi connectivity index (χ0) is 26.9. The van der Waals surface area contributed by atoms with Crippen LogP contribution in [0, 0.1) is 0 Å². The van der Waals surface area contributed by atoms with E-state index in [9.17, 15) is 43.3 Å². The van der Waals surface area contributed by atoms with Crippen molar-refractivity contribution in [2.24, 2.45) is 5.10 Å². The number of likely N-dealkylation sites (tertiary alicyclic amines) is 2. The highest BCUT2D eigenvalue weighted by atomic mass is 35.5. The van der Waals surface area contributed by atoms with Crippen molar-refractivity contribution in [3.8, 4) is 11.5 Å². The number of phenols is 2. The lowest BCUT2D eigenvalue weighted by atomic mass is 9.92. The van der Waals surface area contributed by atoms with Gasteiger partial charge in [-0.15, -0.1) is 0 Å². The number of rotatable bonds is 8. The molecule has 2 saturated heterocycles. The number of carbonyl (C=O) groups is 4. The summed E-state index contributed by atoms with van der Waals surface area (Å²) in [5.41, 5.74) is 2.04. The van der Waals surface area contributed by atoms with Crippen LogP contribution >= 0.6 is 11.6 Å². The Kier molecular flexibility index (Phi) is 7.91. The predicted octanol–water partition coefficient (Wildman–Crippen LogP) is 0.512. The quantitative estimate of drug-likeness (QED) is 0.102. The molecule has 2 unspecified atom stereocenters. The number of β-lactam (4-membered cyclic amide) rings is 1. The van der Waals surface area contributed by atoms with E-state index in [0.717, 1.165) is 24.1 Å². The van der Waals surface area contributed by atoms with Crippen LogP contribution in [0.2, 0.25) is 5.02 Å². The van der Waals surface area contributed by atoms with Gasteiger partial charge in [0.2, 0.25) is 5.91 Å². The number of halogens is 1. The number of nitrogens with zero attached hydrogens (tertiary/aromatic N) is 3. The normalized spacial score (nSPS) is 23.2. The molecular weight excluding hydrogens is 520 g/mol. The summed E-state index contributed by atoms with van der Waals surface area (Å²) in [7, 11) is 0. The summed E-state index contributed by atoms with van der Waals surface area (Å²) >= 11 is 3.17. The minimum atomic E-state index is -2.80. The molecular formula is C21H25ClN4O9S. The summed E-state index contributed by atoms with van der Waals surface area (Å²) in [5.74, 6) is -4.62. The average molecular weight is 545 g/mol. The molecule has 3 rings (SSSR count). The Balaban J connectivity index is 1.78. The molecule has 0 spiro atoms. The van der Waals surface area contributed by atoms with Gasteiger partial charge in [0.25, 0.3) is 11.8 Å². The van der Waals surface area contributed by atoms with E-state index in [1.54, 1.807) is 6.92 Å². The highest BCUT2D eigenvalue weighted by Crippen LogP contribution is 2.37. The van der Waals surface area contributed by atoms with Crippen molar-refractivity contribution in [1.29, 1.82) is 0 Å². The molecule has 2 aliphatic rings. The number of phenolic OH excluding ortho intramolecular Hbond substituents is 2. The van der Waals surface area contributed by atoms with Gasteiger partial charge in [-0.2, -0.15) is 5.10 Å². The number of benzene rings is 1. The Morgan fingerprint density at radius 3 is 2.56 bits per heavy atom. The summed E-state index contributed by atoms with van der Waals surface area (Å²) < 4.78 is 20.0. The van der Waals surface area contributed by atoms with E-state index in [4.69, 9.17) is 11.6 Å². The molecule has 196 valence electrons. The van der Waals surface area contributed by atoms with Crippen molar-refractivity contribution < 1.29 is 43.3 Å². The zero-order valence-electron chi connectivity index (χ0n) is 19.3. The Hall–Kier alpha value is -3.23. The van der Waals surface area contributed by atoms with Crippen molar-refractivity contribution in [2.45, 2.75) is 56.0 Å². The molecule has 0 aromatic heterocycles. The summed E-state index contributed by atoms with van der Waals surface area (Å²) in [4.78, 5) is 51.9. The number of hydrogen-bond acceptors (Lipinski definition) is 8. The standard InChI is InChI=1S/C21H25ClN4O9S/c1-10-8-14(28)26(10)17(20(32)33)21(2,36(34)35)9-23-24-18(30)12-4-3-7-25(12)19(31)11-5-6-13(27)16(29)15(11)22/h5-6,9-10,12,17,27,29H,3-4,7-8H2,1-2H3,(H,24,30)(H,32,33)(H,34,35)/b23-9+/t10-,12?,17+,21+/m1/s1. The van der Waals surface area contributed by atoms with E-state index in [-0.39, 0.29) is 30.0 Å². The molecule has 0 saturated carbocycles. The number of carboxylic acids is 1. The van der Waals surface area contributed by atoms with Crippen LogP contribution in [0.3, 0.4) is 0 Å². The van der Waals surface area contributed by atoms with Crippen LogP contribution in [0.5, 0.6) is 11.5 Å². The Bertz CT molecular complexity index is 1160. The van der Waals surface area contributed by atoms with Gasteiger partial charge in [0, 0.05) is 25.2 Å². The SMILES string of the molecule is C[C@@H]1CC(=O)N1[C@@H](C(=O)O)[C@](C)(/C=N/NC(=O)C1CCCN1C(=O)c1ccc(O)c(O)c1Cl)S(=O)O. The Labute approximate surface area is 213 Å². The number of carbonyl (C=O) groups excluding carboxylic acids is 3. The monoisotopic (exact) mass is 544 g/mol. The summed E-state index contributed by atoms with van der Waals surface area (Å²) in [5, 5.41) is 32.4. The van der Waals surface area contributed by atoms with Crippen LogP contribution < -0.4 is 5.43 Å². The smallest absolute Gasteiger partial charge is 0.328 e. The molecule has 0 radical (unpaired) electrons.